The molecule has 114 valence electrons. The molecule has 0 saturated carbocycles. The van der Waals surface area contributed by atoms with E-state index >= 15 is 0 Å². The van der Waals surface area contributed by atoms with Crippen molar-refractivity contribution in [1.29, 1.82) is 0 Å². The summed E-state index contributed by atoms with van der Waals surface area (Å²) in [6.07, 6.45) is 4.97. The molecular formula is C15H21N3O2S. The summed E-state index contributed by atoms with van der Waals surface area (Å²) >= 11 is 1.20. The summed E-state index contributed by atoms with van der Waals surface area (Å²) in [5, 5.41) is 13.4. The maximum absolute atomic E-state index is 11.2. The number of aryl methyl sites for hydroxylation is 1. The predicted octanol–water partition coefficient (Wildman–Crippen LogP) is 3.94. The van der Waals surface area contributed by atoms with Gasteiger partial charge in [0.1, 0.15) is 21.9 Å². The lowest BCUT2D eigenvalue weighted by molar-refractivity contribution is 0.0701. The molecule has 0 bridgehead atoms. The van der Waals surface area contributed by atoms with Crippen LogP contribution in [0.5, 0.6) is 0 Å². The fourth-order valence-corrected chi connectivity index (χ4v) is 3.28. The molecule has 0 radical (unpaired) electrons. The number of unbranched alkanes of at least 4 members (excludes halogenated alkanes) is 1. The summed E-state index contributed by atoms with van der Waals surface area (Å²) in [5.74, 6) is 0.567. The first-order valence-corrected chi connectivity index (χ1v) is 8.03. The highest BCUT2D eigenvalue weighted by Gasteiger charge is 2.18. The minimum atomic E-state index is -0.904. The number of carboxylic acid groups (broad SMARTS) is 1. The summed E-state index contributed by atoms with van der Waals surface area (Å²) in [4.78, 5) is 20.7. The van der Waals surface area contributed by atoms with Crippen molar-refractivity contribution in [3.05, 3.63) is 16.8 Å². The van der Waals surface area contributed by atoms with Gasteiger partial charge in [0.2, 0.25) is 0 Å². The van der Waals surface area contributed by atoms with Gasteiger partial charge in [0, 0.05) is 6.54 Å². The van der Waals surface area contributed by atoms with Crippen molar-refractivity contribution in [3.8, 4) is 0 Å². The smallest absolute Gasteiger partial charge is 0.346 e. The van der Waals surface area contributed by atoms with Gasteiger partial charge in [-0.3, -0.25) is 0 Å². The summed E-state index contributed by atoms with van der Waals surface area (Å²) < 4.78 is 0. The van der Waals surface area contributed by atoms with Gasteiger partial charge in [-0.1, -0.05) is 26.7 Å². The molecule has 0 atom stereocenters. The molecule has 0 aliphatic carbocycles. The molecule has 2 aromatic heterocycles. The standard InChI is InChI=1S/C15H21N3O2S/c1-9(2)6-4-5-7-16-13-11-10(3)12(15(19)20)21-14(11)18-8-17-13/h8-9H,4-7H2,1-3H3,(H,19,20)(H,16,17,18). The van der Waals surface area contributed by atoms with E-state index in [9.17, 15) is 9.90 Å². The molecule has 0 aliphatic heterocycles. The van der Waals surface area contributed by atoms with Crippen LogP contribution < -0.4 is 5.32 Å². The number of carboxylic acids is 1. The number of hydrogen-bond donors (Lipinski definition) is 2. The Labute approximate surface area is 128 Å². The maximum atomic E-state index is 11.2. The van der Waals surface area contributed by atoms with Gasteiger partial charge in [0.25, 0.3) is 0 Å². The zero-order valence-electron chi connectivity index (χ0n) is 12.6. The lowest BCUT2D eigenvalue weighted by Crippen LogP contribution is -2.05. The molecule has 2 heterocycles. The highest BCUT2D eigenvalue weighted by atomic mass is 32.1. The minimum absolute atomic E-state index is 0.341. The fraction of sp³-hybridized carbons (Fsp3) is 0.533. The van der Waals surface area contributed by atoms with E-state index in [0.717, 1.165) is 40.5 Å². The Morgan fingerprint density at radius 2 is 2.14 bits per heavy atom. The monoisotopic (exact) mass is 307 g/mol. The number of nitrogens with one attached hydrogen (secondary N) is 1. The second-order valence-electron chi connectivity index (χ2n) is 5.58. The molecule has 2 rings (SSSR count). The molecule has 6 heteroatoms. The minimum Gasteiger partial charge on any atom is -0.477 e. The first kappa shape index (κ1) is 15.7. The van der Waals surface area contributed by atoms with Crippen LogP contribution in [-0.2, 0) is 0 Å². The van der Waals surface area contributed by atoms with E-state index in [1.807, 2.05) is 6.92 Å². The molecule has 5 nitrogen and oxygen atoms in total. The summed E-state index contributed by atoms with van der Waals surface area (Å²) in [5.41, 5.74) is 0.743. The molecular weight excluding hydrogens is 286 g/mol. The number of thiophene rings is 1. The second-order valence-corrected chi connectivity index (χ2v) is 6.58. The third-order valence-electron chi connectivity index (χ3n) is 3.42. The fourth-order valence-electron chi connectivity index (χ4n) is 2.29. The van der Waals surface area contributed by atoms with Crippen molar-refractivity contribution in [2.24, 2.45) is 5.92 Å². The SMILES string of the molecule is Cc1c(C(=O)O)sc2ncnc(NCCCCC(C)C)c12. The van der Waals surface area contributed by atoms with Crippen molar-refractivity contribution in [2.45, 2.75) is 40.0 Å². The Hall–Kier alpha value is -1.69. The van der Waals surface area contributed by atoms with Crippen LogP contribution in [0.25, 0.3) is 10.2 Å². The summed E-state index contributed by atoms with van der Waals surface area (Å²) in [6.45, 7) is 7.11. The van der Waals surface area contributed by atoms with Crippen molar-refractivity contribution in [2.75, 3.05) is 11.9 Å². The van der Waals surface area contributed by atoms with Gasteiger partial charge in [-0.05, 0) is 24.8 Å². The zero-order valence-corrected chi connectivity index (χ0v) is 13.5. The van der Waals surface area contributed by atoms with Gasteiger partial charge in [0.15, 0.2) is 0 Å². The van der Waals surface area contributed by atoms with E-state index in [1.165, 1.54) is 30.5 Å². The lowest BCUT2D eigenvalue weighted by Gasteiger charge is -2.08. The van der Waals surface area contributed by atoms with Crippen molar-refractivity contribution < 1.29 is 9.90 Å². The Kier molecular flexibility index (Phi) is 5.12. The van der Waals surface area contributed by atoms with Gasteiger partial charge in [-0.15, -0.1) is 11.3 Å². The van der Waals surface area contributed by atoms with Crippen molar-refractivity contribution >= 4 is 33.3 Å². The Balaban J connectivity index is 2.11. The van der Waals surface area contributed by atoms with Gasteiger partial charge in [-0.25, -0.2) is 14.8 Å². The van der Waals surface area contributed by atoms with Crippen LogP contribution in [0, 0.1) is 12.8 Å². The largest absolute Gasteiger partial charge is 0.477 e. The third-order valence-corrected chi connectivity index (χ3v) is 4.61. The molecule has 0 aromatic carbocycles. The number of aromatic nitrogens is 2. The predicted molar refractivity (Wildman–Crippen MR) is 86.3 cm³/mol. The first-order chi connectivity index (χ1) is 10.0. The number of fused-ring (bicyclic) bond motifs is 1. The molecule has 21 heavy (non-hydrogen) atoms. The number of nitrogens with zero attached hydrogens (tertiary/aromatic N) is 2. The number of aromatic carboxylic acids is 1. The molecule has 0 unspecified atom stereocenters. The quantitative estimate of drug-likeness (QED) is 0.758. The Morgan fingerprint density at radius 3 is 2.81 bits per heavy atom. The van der Waals surface area contributed by atoms with E-state index in [0.29, 0.717) is 4.88 Å². The van der Waals surface area contributed by atoms with Crippen LogP contribution >= 0.6 is 11.3 Å². The summed E-state index contributed by atoms with van der Waals surface area (Å²) in [6, 6.07) is 0. The average molecular weight is 307 g/mol. The second kappa shape index (κ2) is 6.85. The Bertz CT molecular complexity index is 637. The number of carbonyl (C=O) groups is 1. The normalized spacial score (nSPS) is 11.2. The molecule has 0 saturated heterocycles. The van der Waals surface area contributed by atoms with Crippen LogP contribution in [0.15, 0.2) is 6.33 Å². The highest BCUT2D eigenvalue weighted by molar-refractivity contribution is 7.20. The molecule has 2 aromatic rings. The summed E-state index contributed by atoms with van der Waals surface area (Å²) in [7, 11) is 0. The van der Waals surface area contributed by atoms with E-state index in [-0.39, 0.29) is 0 Å². The van der Waals surface area contributed by atoms with Crippen LogP contribution in [0.3, 0.4) is 0 Å². The molecule has 0 fully saturated rings. The molecule has 2 N–H and O–H groups in total. The van der Waals surface area contributed by atoms with Gasteiger partial charge >= 0.3 is 5.97 Å². The third kappa shape index (κ3) is 3.69. The maximum Gasteiger partial charge on any atom is 0.346 e. The first-order valence-electron chi connectivity index (χ1n) is 7.22. The molecule has 0 spiro atoms. The molecule has 0 amide bonds. The van der Waals surface area contributed by atoms with E-state index in [2.05, 4.69) is 29.1 Å². The highest BCUT2D eigenvalue weighted by Crippen LogP contribution is 2.33. The van der Waals surface area contributed by atoms with E-state index in [4.69, 9.17) is 0 Å². The van der Waals surface area contributed by atoms with Gasteiger partial charge in [-0.2, -0.15) is 0 Å². The van der Waals surface area contributed by atoms with Gasteiger partial charge in [0.05, 0.1) is 5.39 Å². The lowest BCUT2D eigenvalue weighted by atomic mass is 10.1. The number of rotatable bonds is 7. The average Bonchev–Trinajstić information content (AvgIpc) is 2.76. The van der Waals surface area contributed by atoms with Crippen LogP contribution in [0.2, 0.25) is 0 Å². The Morgan fingerprint density at radius 1 is 1.38 bits per heavy atom. The van der Waals surface area contributed by atoms with Gasteiger partial charge < -0.3 is 10.4 Å². The van der Waals surface area contributed by atoms with E-state index < -0.39 is 5.97 Å². The molecule has 0 aliphatic rings. The van der Waals surface area contributed by atoms with Crippen molar-refractivity contribution in [3.63, 3.8) is 0 Å². The van der Waals surface area contributed by atoms with E-state index in [1.54, 1.807) is 0 Å². The topological polar surface area (TPSA) is 75.1 Å². The number of anilines is 1. The van der Waals surface area contributed by atoms with Crippen molar-refractivity contribution in [1.82, 2.24) is 9.97 Å². The number of hydrogen-bond acceptors (Lipinski definition) is 5. The van der Waals surface area contributed by atoms with Crippen LogP contribution in [0.1, 0.15) is 48.3 Å². The van der Waals surface area contributed by atoms with Crippen LogP contribution in [-0.4, -0.2) is 27.6 Å². The zero-order chi connectivity index (χ0) is 15.4. The van der Waals surface area contributed by atoms with Crippen LogP contribution in [0.4, 0.5) is 5.82 Å².